The van der Waals surface area contributed by atoms with Gasteiger partial charge in [-0.05, 0) is 20.8 Å². The molecule has 0 saturated carbocycles. The highest BCUT2D eigenvalue weighted by Gasteiger charge is 2.29. The molecule has 112 valence electrons. The first kappa shape index (κ1) is 14.9. The number of carbonyl (C=O) groups is 1. The molecule has 0 radical (unpaired) electrons. The van der Waals surface area contributed by atoms with Crippen LogP contribution >= 0.6 is 0 Å². The Balaban J connectivity index is 2.13. The van der Waals surface area contributed by atoms with Crippen molar-refractivity contribution < 1.29 is 9.53 Å². The molecule has 0 aromatic carbocycles. The summed E-state index contributed by atoms with van der Waals surface area (Å²) in [6, 6.07) is 0. The summed E-state index contributed by atoms with van der Waals surface area (Å²) in [7, 11) is 0. The lowest BCUT2D eigenvalue weighted by Gasteiger charge is -2.32. The Kier molecular flexibility index (Phi) is 3.56. The van der Waals surface area contributed by atoms with E-state index < -0.39 is 5.60 Å². The molecule has 0 aliphatic carbocycles. The molecule has 1 aromatic rings. The van der Waals surface area contributed by atoms with Gasteiger partial charge in [0, 0.05) is 30.4 Å². The van der Waals surface area contributed by atoms with Gasteiger partial charge in [0.05, 0.1) is 6.54 Å². The topological polar surface area (TPSA) is 47.4 Å². The van der Waals surface area contributed by atoms with E-state index in [1.54, 1.807) is 4.90 Å². The second-order valence-electron chi connectivity index (χ2n) is 7.36. The van der Waals surface area contributed by atoms with E-state index in [1.165, 1.54) is 5.69 Å². The normalized spacial score (nSPS) is 16.0. The van der Waals surface area contributed by atoms with Crippen molar-refractivity contribution in [1.82, 2.24) is 14.5 Å². The lowest BCUT2D eigenvalue weighted by atomic mass is 9.92. The quantitative estimate of drug-likeness (QED) is 0.733. The second-order valence-corrected chi connectivity index (χ2v) is 7.36. The molecule has 0 fully saturated rings. The third-order valence-electron chi connectivity index (χ3n) is 3.28. The standard InChI is InChI=1S/C15H25N3O2/c1-14(2,3)11-9-16-12-10-17(7-8-18(11)12)13(19)20-15(4,5)6/h9H,7-8,10H2,1-6H3. The summed E-state index contributed by atoms with van der Waals surface area (Å²) in [6.07, 6.45) is 1.66. The fourth-order valence-corrected chi connectivity index (χ4v) is 2.34. The van der Waals surface area contributed by atoms with E-state index in [2.05, 4.69) is 30.3 Å². The highest BCUT2D eigenvalue weighted by atomic mass is 16.6. The van der Waals surface area contributed by atoms with Crippen LogP contribution in [0, 0.1) is 0 Å². The van der Waals surface area contributed by atoms with Crippen LogP contribution in [0.3, 0.4) is 0 Å². The summed E-state index contributed by atoms with van der Waals surface area (Å²) in [5.74, 6) is 0.937. The molecule has 20 heavy (non-hydrogen) atoms. The summed E-state index contributed by atoms with van der Waals surface area (Å²) < 4.78 is 7.64. The largest absolute Gasteiger partial charge is 0.444 e. The van der Waals surface area contributed by atoms with Crippen LogP contribution in [0.2, 0.25) is 0 Å². The first-order chi connectivity index (χ1) is 9.08. The zero-order valence-electron chi connectivity index (χ0n) is 13.4. The van der Waals surface area contributed by atoms with E-state index in [0.29, 0.717) is 13.1 Å². The van der Waals surface area contributed by atoms with Crippen LogP contribution in [-0.4, -0.2) is 32.7 Å². The van der Waals surface area contributed by atoms with Gasteiger partial charge in [-0.15, -0.1) is 0 Å². The van der Waals surface area contributed by atoms with Gasteiger partial charge in [0.25, 0.3) is 0 Å². The van der Waals surface area contributed by atoms with Crippen LogP contribution in [0.15, 0.2) is 6.20 Å². The first-order valence-corrected chi connectivity index (χ1v) is 7.11. The van der Waals surface area contributed by atoms with Crippen LogP contribution in [0.5, 0.6) is 0 Å². The number of nitrogens with zero attached hydrogens (tertiary/aromatic N) is 3. The maximum atomic E-state index is 12.1. The molecule has 2 rings (SSSR count). The monoisotopic (exact) mass is 279 g/mol. The van der Waals surface area contributed by atoms with Gasteiger partial charge in [-0.3, -0.25) is 4.90 Å². The minimum atomic E-state index is -0.458. The van der Waals surface area contributed by atoms with Gasteiger partial charge in [0.15, 0.2) is 0 Å². The Morgan fingerprint density at radius 3 is 2.40 bits per heavy atom. The lowest BCUT2D eigenvalue weighted by Crippen LogP contribution is -2.42. The summed E-state index contributed by atoms with van der Waals surface area (Å²) in [4.78, 5) is 18.3. The van der Waals surface area contributed by atoms with Gasteiger partial charge in [-0.1, -0.05) is 20.8 Å². The number of hydrogen-bond donors (Lipinski definition) is 0. The van der Waals surface area contributed by atoms with Crippen molar-refractivity contribution >= 4 is 6.09 Å². The zero-order valence-corrected chi connectivity index (χ0v) is 13.4. The molecule has 5 nitrogen and oxygen atoms in total. The molecule has 0 atom stereocenters. The number of aromatic nitrogens is 2. The maximum Gasteiger partial charge on any atom is 0.410 e. The Bertz CT molecular complexity index is 506. The van der Waals surface area contributed by atoms with Crippen LogP contribution in [0.25, 0.3) is 0 Å². The molecular formula is C15H25N3O2. The van der Waals surface area contributed by atoms with Gasteiger partial charge < -0.3 is 9.30 Å². The Morgan fingerprint density at radius 1 is 1.20 bits per heavy atom. The van der Waals surface area contributed by atoms with Crippen LogP contribution < -0.4 is 0 Å². The first-order valence-electron chi connectivity index (χ1n) is 7.11. The SMILES string of the molecule is CC(C)(C)OC(=O)N1CCn2c(C(C)(C)C)cnc2C1. The Hall–Kier alpha value is -1.52. The average molecular weight is 279 g/mol. The number of ether oxygens (including phenoxy) is 1. The number of amides is 1. The highest BCUT2D eigenvalue weighted by molar-refractivity contribution is 5.68. The number of carbonyl (C=O) groups excluding carboxylic acids is 1. The number of imidazole rings is 1. The van der Waals surface area contributed by atoms with Crippen molar-refractivity contribution in [1.29, 1.82) is 0 Å². The summed E-state index contributed by atoms with van der Waals surface area (Å²) >= 11 is 0. The van der Waals surface area contributed by atoms with E-state index in [-0.39, 0.29) is 11.5 Å². The van der Waals surface area contributed by atoms with Gasteiger partial charge in [-0.25, -0.2) is 9.78 Å². The van der Waals surface area contributed by atoms with Crippen molar-refractivity contribution in [2.45, 2.75) is 65.6 Å². The number of rotatable bonds is 0. The van der Waals surface area contributed by atoms with E-state index in [1.807, 2.05) is 27.0 Å². The molecule has 2 heterocycles. The Morgan fingerprint density at radius 2 is 1.85 bits per heavy atom. The fraction of sp³-hybridized carbons (Fsp3) is 0.733. The molecule has 5 heteroatoms. The molecule has 1 amide bonds. The minimum absolute atomic E-state index is 0.0688. The van der Waals surface area contributed by atoms with Gasteiger partial charge in [0.2, 0.25) is 0 Å². The molecule has 0 saturated heterocycles. The molecule has 1 aromatic heterocycles. The predicted octanol–water partition coefficient (Wildman–Crippen LogP) is 2.93. The minimum Gasteiger partial charge on any atom is -0.444 e. The van der Waals surface area contributed by atoms with E-state index in [9.17, 15) is 4.79 Å². The number of fused-ring (bicyclic) bond motifs is 1. The summed E-state index contributed by atoms with van der Waals surface area (Å²) in [5.41, 5.74) is 0.830. The molecule has 1 aliphatic heterocycles. The third kappa shape index (κ3) is 3.14. The van der Waals surface area contributed by atoms with Gasteiger partial charge in [-0.2, -0.15) is 0 Å². The van der Waals surface area contributed by atoms with E-state index in [0.717, 1.165) is 12.4 Å². The summed E-state index contributed by atoms with van der Waals surface area (Å²) in [5, 5.41) is 0. The number of hydrogen-bond acceptors (Lipinski definition) is 3. The third-order valence-corrected chi connectivity index (χ3v) is 3.28. The van der Waals surface area contributed by atoms with Gasteiger partial charge in [0.1, 0.15) is 11.4 Å². The fourth-order valence-electron chi connectivity index (χ4n) is 2.34. The molecule has 0 N–H and O–H groups in total. The molecule has 0 bridgehead atoms. The summed E-state index contributed by atoms with van der Waals surface area (Å²) in [6.45, 7) is 14.1. The van der Waals surface area contributed by atoms with Crippen LogP contribution in [0.4, 0.5) is 4.79 Å². The van der Waals surface area contributed by atoms with Crippen molar-refractivity contribution in [3.63, 3.8) is 0 Å². The van der Waals surface area contributed by atoms with Crippen LogP contribution in [0.1, 0.15) is 53.1 Å². The predicted molar refractivity (Wildman–Crippen MR) is 77.6 cm³/mol. The van der Waals surface area contributed by atoms with Crippen molar-refractivity contribution in [3.8, 4) is 0 Å². The molecule has 0 spiro atoms. The van der Waals surface area contributed by atoms with E-state index in [4.69, 9.17) is 4.74 Å². The van der Waals surface area contributed by atoms with Crippen molar-refractivity contribution in [2.75, 3.05) is 6.54 Å². The van der Waals surface area contributed by atoms with Crippen LogP contribution in [-0.2, 0) is 23.2 Å². The second kappa shape index (κ2) is 4.79. The Labute approximate surface area is 120 Å². The smallest absolute Gasteiger partial charge is 0.410 e. The molecular weight excluding hydrogens is 254 g/mol. The van der Waals surface area contributed by atoms with Gasteiger partial charge >= 0.3 is 6.09 Å². The zero-order chi connectivity index (χ0) is 15.1. The van der Waals surface area contributed by atoms with Crippen molar-refractivity contribution in [3.05, 3.63) is 17.7 Å². The average Bonchev–Trinajstić information content (AvgIpc) is 2.68. The van der Waals surface area contributed by atoms with E-state index >= 15 is 0 Å². The maximum absolute atomic E-state index is 12.1. The highest BCUT2D eigenvalue weighted by Crippen LogP contribution is 2.26. The molecule has 1 aliphatic rings. The lowest BCUT2D eigenvalue weighted by molar-refractivity contribution is 0.0193. The van der Waals surface area contributed by atoms with Crippen molar-refractivity contribution in [2.24, 2.45) is 0 Å². The molecule has 0 unspecified atom stereocenters.